The number of amides is 1. The molecule has 0 spiro atoms. The molecule has 3 aromatic rings. The molecule has 0 aliphatic carbocycles. The third-order valence-corrected chi connectivity index (χ3v) is 5.65. The number of fused-ring (bicyclic) bond motifs is 1. The fourth-order valence-electron chi connectivity index (χ4n) is 2.80. The third-order valence-electron chi connectivity index (χ3n) is 4.37. The highest BCUT2D eigenvalue weighted by molar-refractivity contribution is 7.22. The summed E-state index contributed by atoms with van der Waals surface area (Å²) >= 11 is 7.60. The highest BCUT2D eigenvalue weighted by atomic mass is 35.5. The van der Waals surface area contributed by atoms with Gasteiger partial charge in [-0.25, -0.2) is 4.98 Å². The Labute approximate surface area is 163 Å². The van der Waals surface area contributed by atoms with Crippen molar-refractivity contribution in [3.8, 4) is 0 Å². The van der Waals surface area contributed by atoms with Gasteiger partial charge in [0.15, 0.2) is 5.13 Å². The van der Waals surface area contributed by atoms with E-state index >= 15 is 0 Å². The van der Waals surface area contributed by atoms with E-state index in [1.165, 1.54) is 11.3 Å². The van der Waals surface area contributed by atoms with E-state index in [0.29, 0.717) is 22.3 Å². The Morgan fingerprint density at radius 3 is 2.50 bits per heavy atom. The second kappa shape index (κ2) is 8.62. The van der Waals surface area contributed by atoms with E-state index in [4.69, 9.17) is 11.6 Å². The van der Waals surface area contributed by atoms with Crippen molar-refractivity contribution in [2.24, 2.45) is 0 Å². The number of carbonyl (C=O) groups is 1. The fraction of sp³-hybridized carbons (Fsp3) is 0.300. The van der Waals surface area contributed by atoms with Gasteiger partial charge in [-0.15, -0.1) is 0 Å². The first-order valence-electron chi connectivity index (χ1n) is 8.77. The van der Waals surface area contributed by atoms with Crippen LogP contribution >= 0.6 is 22.9 Å². The summed E-state index contributed by atoms with van der Waals surface area (Å²) in [6, 6.07) is 15.0. The molecule has 6 heteroatoms. The molecule has 0 unspecified atom stereocenters. The lowest BCUT2D eigenvalue weighted by molar-refractivity contribution is 0.0984. The normalized spacial score (nSPS) is 11.2. The molecule has 0 radical (unpaired) electrons. The molecule has 1 heterocycles. The van der Waals surface area contributed by atoms with Gasteiger partial charge in [0.05, 0.1) is 10.2 Å². The molecule has 26 heavy (non-hydrogen) atoms. The number of carbonyl (C=O) groups excluding carboxylic acids is 1. The van der Waals surface area contributed by atoms with Crippen molar-refractivity contribution in [3.63, 3.8) is 0 Å². The number of rotatable bonds is 7. The highest BCUT2D eigenvalue weighted by Gasteiger charge is 2.21. The van der Waals surface area contributed by atoms with Crippen molar-refractivity contribution < 1.29 is 4.79 Å². The summed E-state index contributed by atoms with van der Waals surface area (Å²) in [6.45, 7) is 7.59. The molecular formula is C20H22ClN3OS. The predicted molar refractivity (Wildman–Crippen MR) is 111 cm³/mol. The van der Waals surface area contributed by atoms with Crippen LogP contribution in [0.4, 0.5) is 5.13 Å². The van der Waals surface area contributed by atoms with Crippen LogP contribution in [0.5, 0.6) is 0 Å². The van der Waals surface area contributed by atoms with Crippen molar-refractivity contribution in [1.29, 1.82) is 0 Å². The monoisotopic (exact) mass is 387 g/mol. The van der Waals surface area contributed by atoms with Gasteiger partial charge in [-0.05, 0) is 43.4 Å². The maximum absolute atomic E-state index is 13.1. The number of hydrogen-bond acceptors (Lipinski definition) is 4. The minimum atomic E-state index is -0.0251. The molecule has 3 rings (SSSR count). The van der Waals surface area contributed by atoms with Crippen LogP contribution in [0.3, 0.4) is 0 Å². The summed E-state index contributed by atoms with van der Waals surface area (Å²) in [7, 11) is 0. The van der Waals surface area contributed by atoms with Crippen molar-refractivity contribution in [2.45, 2.75) is 13.8 Å². The van der Waals surface area contributed by atoms with E-state index in [0.717, 1.165) is 29.9 Å². The summed E-state index contributed by atoms with van der Waals surface area (Å²) in [5, 5.41) is 1.39. The van der Waals surface area contributed by atoms with Crippen LogP contribution < -0.4 is 4.90 Å². The smallest absolute Gasteiger partial charge is 0.260 e. The lowest BCUT2D eigenvalue weighted by Crippen LogP contribution is -2.38. The Bertz CT molecular complexity index is 877. The van der Waals surface area contributed by atoms with E-state index in [-0.39, 0.29) is 5.91 Å². The zero-order valence-corrected chi connectivity index (χ0v) is 16.6. The van der Waals surface area contributed by atoms with E-state index in [2.05, 4.69) is 23.7 Å². The molecule has 4 nitrogen and oxygen atoms in total. The average molecular weight is 388 g/mol. The number of hydrogen-bond donors (Lipinski definition) is 0. The molecule has 0 fully saturated rings. The zero-order valence-electron chi connectivity index (χ0n) is 15.0. The SMILES string of the molecule is CCN(CC)CCN(C(=O)c1ccccc1)c1nc2ccc(Cl)cc2s1. The van der Waals surface area contributed by atoms with E-state index in [1.54, 1.807) is 4.90 Å². The fourth-order valence-corrected chi connectivity index (χ4v) is 4.07. The van der Waals surface area contributed by atoms with Crippen LogP contribution in [-0.4, -0.2) is 42.0 Å². The quantitative estimate of drug-likeness (QED) is 0.576. The van der Waals surface area contributed by atoms with Gasteiger partial charge >= 0.3 is 0 Å². The minimum absolute atomic E-state index is 0.0251. The van der Waals surface area contributed by atoms with E-state index < -0.39 is 0 Å². The predicted octanol–water partition coefficient (Wildman–Crippen LogP) is 4.94. The van der Waals surface area contributed by atoms with Gasteiger partial charge < -0.3 is 4.90 Å². The first kappa shape index (κ1) is 18.8. The van der Waals surface area contributed by atoms with E-state index in [9.17, 15) is 4.79 Å². The number of halogens is 1. The van der Waals surface area contributed by atoms with Crippen LogP contribution in [0.25, 0.3) is 10.2 Å². The molecule has 0 saturated heterocycles. The molecule has 0 aliphatic heterocycles. The first-order valence-corrected chi connectivity index (χ1v) is 9.97. The third kappa shape index (κ3) is 4.23. The van der Waals surface area contributed by atoms with E-state index in [1.807, 2.05) is 48.5 Å². The van der Waals surface area contributed by atoms with Crippen LogP contribution in [0.1, 0.15) is 24.2 Å². The van der Waals surface area contributed by atoms with Gasteiger partial charge in [-0.1, -0.05) is 55.0 Å². The number of aromatic nitrogens is 1. The molecule has 136 valence electrons. The van der Waals surface area contributed by atoms with Gasteiger partial charge in [-0.2, -0.15) is 0 Å². The lowest BCUT2D eigenvalue weighted by Gasteiger charge is -2.24. The van der Waals surface area contributed by atoms with Crippen LogP contribution in [-0.2, 0) is 0 Å². The van der Waals surface area contributed by atoms with Crippen LogP contribution in [0.15, 0.2) is 48.5 Å². The summed E-state index contributed by atoms with van der Waals surface area (Å²) in [5.41, 5.74) is 1.53. The molecule has 0 bridgehead atoms. The number of benzene rings is 2. The molecule has 1 aromatic heterocycles. The molecule has 1 amide bonds. The molecular weight excluding hydrogens is 366 g/mol. The van der Waals surface area contributed by atoms with Gasteiger partial charge in [0, 0.05) is 23.7 Å². The Balaban J connectivity index is 1.94. The zero-order chi connectivity index (χ0) is 18.5. The standard InChI is InChI=1S/C20H22ClN3OS/c1-3-23(4-2)12-13-24(19(25)15-8-6-5-7-9-15)20-22-17-11-10-16(21)14-18(17)26-20/h5-11,14H,3-4,12-13H2,1-2H3. The van der Waals surface area contributed by atoms with Crippen LogP contribution in [0.2, 0.25) is 5.02 Å². The number of thiazole rings is 1. The Kier molecular flexibility index (Phi) is 6.25. The topological polar surface area (TPSA) is 36.4 Å². The van der Waals surface area contributed by atoms with Crippen molar-refractivity contribution in [3.05, 3.63) is 59.1 Å². The molecule has 0 saturated carbocycles. The molecule has 0 aliphatic rings. The van der Waals surface area contributed by atoms with Crippen molar-refractivity contribution in [2.75, 3.05) is 31.1 Å². The Hall–Kier alpha value is -1.95. The number of likely N-dealkylation sites (N-methyl/N-ethyl adjacent to an activating group) is 1. The lowest BCUT2D eigenvalue weighted by atomic mass is 10.2. The average Bonchev–Trinajstić information content (AvgIpc) is 3.08. The van der Waals surface area contributed by atoms with Gasteiger partial charge in [-0.3, -0.25) is 9.69 Å². The van der Waals surface area contributed by atoms with Crippen molar-refractivity contribution >= 4 is 44.2 Å². The van der Waals surface area contributed by atoms with Gasteiger partial charge in [0.25, 0.3) is 5.91 Å². The second-order valence-electron chi connectivity index (χ2n) is 5.96. The maximum atomic E-state index is 13.1. The van der Waals surface area contributed by atoms with Gasteiger partial charge in [0.1, 0.15) is 0 Å². The van der Waals surface area contributed by atoms with Crippen LogP contribution in [0, 0.1) is 0 Å². The summed E-state index contributed by atoms with van der Waals surface area (Å²) < 4.78 is 0.987. The highest BCUT2D eigenvalue weighted by Crippen LogP contribution is 2.31. The summed E-state index contributed by atoms with van der Waals surface area (Å²) in [4.78, 5) is 21.9. The molecule has 0 atom stereocenters. The summed E-state index contributed by atoms with van der Waals surface area (Å²) in [5.74, 6) is -0.0251. The Morgan fingerprint density at radius 1 is 1.08 bits per heavy atom. The molecule has 2 aromatic carbocycles. The second-order valence-corrected chi connectivity index (χ2v) is 7.40. The summed E-state index contributed by atoms with van der Waals surface area (Å²) in [6.07, 6.45) is 0. The number of anilines is 1. The molecule has 0 N–H and O–H groups in total. The minimum Gasteiger partial charge on any atom is -0.302 e. The van der Waals surface area contributed by atoms with Gasteiger partial charge in [0.2, 0.25) is 0 Å². The Morgan fingerprint density at radius 2 is 1.81 bits per heavy atom. The largest absolute Gasteiger partial charge is 0.302 e. The maximum Gasteiger partial charge on any atom is 0.260 e. The van der Waals surface area contributed by atoms with Crippen molar-refractivity contribution in [1.82, 2.24) is 9.88 Å². The number of nitrogens with zero attached hydrogens (tertiary/aromatic N) is 3. The first-order chi connectivity index (χ1) is 12.6.